The van der Waals surface area contributed by atoms with Gasteiger partial charge in [-0.1, -0.05) is 60.7 Å². The second kappa shape index (κ2) is 16.2. The molecule has 4 aromatic carbocycles. The Morgan fingerprint density at radius 2 is 1.52 bits per heavy atom. The number of phenols is 1. The number of halogens is 1. The minimum atomic E-state index is -0.837. The summed E-state index contributed by atoms with van der Waals surface area (Å²) >= 11 is 0. The van der Waals surface area contributed by atoms with E-state index >= 15 is 0 Å². The van der Waals surface area contributed by atoms with Crippen LogP contribution in [-0.2, 0) is 33.8 Å². The third kappa shape index (κ3) is 9.32. The summed E-state index contributed by atoms with van der Waals surface area (Å²) in [5.74, 6) is -2.68. The molecule has 10 heteroatoms. The number of piperidine rings is 1. The number of primary amides is 1. The molecule has 1 saturated heterocycles. The first-order valence-corrected chi connectivity index (χ1v) is 16.4. The Morgan fingerprint density at radius 1 is 0.875 bits per heavy atom. The van der Waals surface area contributed by atoms with Gasteiger partial charge < -0.3 is 31.9 Å². The minimum Gasteiger partial charge on any atom is -0.508 e. The summed E-state index contributed by atoms with van der Waals surface area (Å²) < 4.78 is 20.2. The van der Waals surface area contributed by atoms with Crippen LogP contribution < -0.4 is 17.2 Å². The molecule has 0 aromatic heterocycles. The van der Waals surface area contributed by atoms with Crippen molar-refractivity contribution in [3.63, 3.8) is 0 Å². The Kier molecular flexibility index (Phi) is 11.6. The minimum absolute atomic E-state index is 0.0149. The number of ether oxygens (including phenoxy) is 1. The van der Waals surface area contributed by atoms with Crippen molar-refractivity contribution in [1.82, 2.24) is 4.90 Å². The zero-order valence-corrected chi connectivity index (χ0v) is 27.0. The van der Waals surface area contributed by atoms with Crippen LogP contribution in [0.25, 0.3) is 10.8 Å². The Hall–Kier alpha value is -4.96. The quantitative estimate of drug-likeness (QED) is 0.0869. The van der Waals surface area contributed by atoms with Crippen LogP contribution in [0.5, 0.6) is 5.75 Å². The number of aliphatic imine (C=N–C) groups is 1. The molecule has 4 atom stereocenters. The molecule has 0 spiro atoms. The number of carbonyl (C=O) groups is 2. The molecule has 1 heterocycles. The fourth-order valence-corrected chi connectivity index (χ4v) is 6.62. The van der Waals surface area contributed by atoms with E-state index < -0.39 is 17.7 Å². The van der Waals surface area contributed by atoms with Crippen molar-refractivity contribution in [2.45, 2.75) is 57.3 Å². The van der Waals surface area contributed by atoms with Crippen molar-refractivity contribution in [3.8, 4) is 5.75 Å². The molecule has 48 heavy (non-hydrogen) atoms. The first-order valence-electron chi connectivity index (χ1n) is 16.4. The monoisotopic (exact) mass is 653 g/mol. The number of fused-ring (bicyclic) bond motifs is 1. The van der Waals surface area contributed by atoms with Gasteiger partial charge in [-0.25, -0.2) is 4.39 Å². The van der Waals surface area contributed by atoms with Crippen molar-refractivity contribution in [3.05, 3.63) is 114 Å². The van der Waals surface area contributed by atoms with E-state index in [1.54, 1.807) is 36.4 Å². The van der Waals surface area contributed by atoms with Gasteiger partial charge in [-0.3, -0.25) is 14.6 Å². The molecule has 4 unspecified atom stereocenters. The lowest BCUT2D eigenvalue weighted by molar-refractivity contribution is -0.147. The number of nitrogens with zero attached hydrogens (tertiary/aromatic N) is 2. The van der Waals surface area contributed by atoms with E-state index in [4.69, 9.17) is 21.9 Å². The second-order valence-electron chi connectivity index (χ2n) is 12.6. The standard InChI is InChI=1S/C38H44FN5O4/c39-30-13-8-25(9-14-30)22-35(34(36(40)46)21-26-10-15-32(45)16-11-26)37(47)44-19-17-33(23-31(44)6-3-18-43-38(41)42)48-24-27-7-12-28-4-1-2-5-29(28)20-27/h1-2,4-5,7-16,20,31,33-35,45H,3,6,17-19,21-24H2,(H2,40,46)(H4,41,42,43). The average Bonchev–Trinajstić information content (AvgIpc) is 3.08. The topological polar surface area (TPSA) is 157 Å². The Bertz CT molecular complexity index is 1710. The van der Waals surface area contributed by atoms with E-state index in [1.165, 1.54) is 17.5 Å². The number of phenolic OH excluding ortho intramolecular Hbond substituents is 1. The number of hydrogen-bond donors (Lipinski definition) is 4. The van der Waals surface area contributed by atoms with E-state index in [9.17, 15) is 19.1 Å². The van der Waals surface area contributed by atoms with Crippen molar-refractivity contribution in [1.29, 1.82) is 0 Å². The molecular formula is C38H44FN5O4. The van der Waals surface area contributed by atoms with Gasteiger partial charge in [0.2, 0.25) is 11.8 Å². The second-order valence-corrected chi connectivity index (χ2v) is 12.6. The van der Waals surface area contributed by atoms with E-state index in [1.807, 2.05) is 17.0 Å². The zero-order valence-electron chi connectivity index (χ0n) is 27.0. The molecule has 1 fully saturated rings. The van der Waals surface area contributed by atoms with E-state index in [0.29, 0.717) is 45.4 Å². The van der Waals surface area contributed by atoms with Crippen LogP contribution in [0.3, 0.4) is 0 Å². The molecule has 1 aliphatic rings. The lowest BCUT2D eigenvalue weighted by Gasteiger charge is -2.42. The predicted octanol–water partition coefficient (Wildman–Crippen LogP) is 4.82. The van der Waals surface area contributed by atoms with Crippen LogP contribution in [0.1, 0.15) is 42.4 Å². The van der Waals surface area contributed by atoms with Crippen LogP contribution in [-0.4, -0.2) is 53.0 Å². The SMILES string of the molecule is NC(=O)C(Cc1ccc(O)cc1)C(Cc1ccc(F)cc1)C(=O)N1CCC(OCc2ccc3ccccc3c2)CC1CCCN=C(N)N. The highest BCUT2D eigenvalue weighted by molar-refractivity contribution is 5.88. The van der Waals surface area contributed by atoms with Crippen LogP contribution >= 0.6 is 0 Å². The fourth-order valence-electron chi connectivity index (χ4n) is 6.62. The van der Waals surface area contributed by atoms with Gasteiger partial charge in [-0.15, -0.1) is 0 Å². The number of likely N-dealkylation sites (tertiary alicyclic amines) is 1. The number of carbonyl (C=O) groups excluding carboxylic acids is 2. The molecule has 4 aromatic rings. The summed E-state index contributed by atoms with van der Waals surface area (Å²) in [6.07, 6.45) is 2.89. The summed E-state index contributed by atoms with van der Waals surface area (Å²) in [5, 5.41) is 12.1. The normalized spacial score (nSPS) is 17.5. The average molecular weight is 654 g/mol. The van der Waals surface area contributed by atoms with Crippen LogP contribution in [0, 0.1) is 17.7 Å². The van der Waals surface area contributed by atoms with Crippen molar-refractivity contribution in [2.75, 3.05) is 13.1 Å². The maximum atomic E-state index is 14.6. The highest BCUT2D eigenvalue weighted by atomic mass is 19.1. The van der Waals surface area contributed by atoms with Crippen LogP contribution in [0.15, 0.2) is 96.0 Å². The number of hydrogen-bond acceptors (Lipinski definition) is 5. The van der Waals surface area contributed by atoms with Crippen molar-refractivity contribution in [2.24, 2.45) is 34.0 Å². The summed E-state index contributed by atoms with van der Waals surface area (Å²) in [4.78, 5) is 33.7. The number of amides is 2. The number of benzene rings is 4. The predicted molar refractivity (Wildman–Crippen MR) is 185 cm³/mol. The Balaban J connectivity index is 1.37. The molecule has 5 rings (SSSR count). The van der Waals surface area contributed by atoms with Gasteiger partial charge in [0.25, 0.3) is 0 Å². The molecule has 0 bridgehead atoms. The zero-order chi connectivity index (χ0) is 34.0. The first-order chi connectivity index (χ1) is 23.2. The van der Waals surface area contributed by atoms with Gasteiger partial charge in [0, 0.05) is 19.1 Å². The molecular weight excluding hydrogens is 609 g/mol. The van der Waals surface area contributed by atoms with Gasteiger partial charge in [-0.05, 0) is 96.3 Å². The molecule has 0 radical (unpaired) electrons. The highest BCUT2D eigenvalue weighted by Gasteiger charge is 2.40. The summed E-state index contributed by atoms with van der Waals surface area (Å²) in [7, 11) is 0. The number of nitrogens with two attached hydrogens (primary N) is 3. The lowest BCUT2D eigenvalue weighted by atomic mass is 9.80. The molecule has 9 nitrogen and oxygen atoms in total. The van der Waals surface area contributed by atoms with Gasteiger partial charge >= 0.3 is 0 Å². The Labute approximate surface area is 280 Å². The smallest absolute Gasteiger partial charge is 0.227 e. The number of rotatable bonds is 14. The molecule has 2 amide bonds. The van der Waals surface area contributed by atoms with Gasteiger partial charge in [-0.2, -0.15) is 0 Å². The molecule has 1 aliphatic heterocycles. The van der Waals surface area contributed by atoms with Gasteiger partial charge in [0.15, 0.2) is 5.96 Å². The third-order valence-electron chi connectivity index (χ3n) is 9.17. The lowest BCUT2D eigenvalue weighted by Crippen LogP contribution is -2.53. The first kappa shape index (κ1) is 34.4. The number of guanidine groups is 1. The summed E-state index contributed by atoms with van der Waals surface area (Å²) in [5.41, 5.74) is 19.7. The van der Waals surface area contributed by atoms with Gasteiger partial charge in [0.1, 0.15) is 11.6 Å². The van der Waals surface area contributed by atoms with E-state index in [-0.39, 0.29) is 48.4 Å². The summed E-state index contributed by atoms with van der Waals surface area (Å²) in [6, 6.07) is 26.8. The molecule has 0 saturated carbocycles. The van der Waals surface area contributed by atoms with Crippen LogP contribution in [0.2, 0.25) is 0 Å². The molecule has 0 aliphatic carbocycles. The highest BCUT2D eigenvalue weighted by Crippen LogP contribution is 2.31. The maximum Gasteiger partial charge on any atom is 0.227 e. The maximum absolute atomic E-state index is 14.6. The fraction of sp³-hybridized carbons (Fsp3) is 0.342. The molecule has 7 N–H and O–H groups in total. The van der Waals surface area contributed by atoms with Gasteiger partial charge in [0.05, 0.1) is 24.5 Å². The van der Waals surface area contributed by atoms with Crippen molar-refractivity contribution >= 4 is 28.5 Å². The Morgan fingerprint density at radius 3 is 2.21 bits per heavy atom. The third-order valence-corrected chi connectivity index (χ3v) is 9.17. The number of aromatic hydroxyl groups is 1. The summed E-state index contributed by atoms with van der Waals surface area (Å²) in [6.45, 7) is 1.32. The van der Waals surface area contributed by atoms with Crippen LogP contribution in [0.4, 0.5) is 4.39 Å². The van der Waals surface area contributed by atoms with E-state index in [2.05, 4.69) is 35.3 Å². The molecule has 252 valence electrons. The largest absolute Gasteiger partial charge is 0.508 e. The van der Waals surface area contributed by atoms with E-state index in [0.717, 1.165) is 22.1 Å². The van der Waals surface area contributed by atoms with Crippen molar-refractivity contribution < 1.29 is 23.8 Å².